The van der Waals surface area contributed by atoms with Crippen LogP contribution in [0.15, 0.2) is 24.3 Å². The number of ether oxygens (including phenoxy) is 1. The summed E-state index contributed by atoms with van der Waals surface area (Å²) in [6, 6.07) is 7.89. The molecular formula is C22H30N4O3. The highest BCUT2D eigenvalue weighted by molar-refractivity contribution is 6.06. The Labute approximate surface area is 172 Å². The van der Waals surface area contributed by atoms with Crippen molar-refractivity contribution in [1.82, 2.24) is 20.1 Å². The number of amides is 2. The van der Waals surface area contributed by atoms with Gasteiger partial charge >= 0.3 is 0 Å². The summed E-state index contributed by atoms with van der Waals surface area (Å²) in [5.41, 5.74) is 3.51. The number of hydrogen-bond donors (Lipinski definition) is 1. The third-order valence-corrected chi connectivity index (χ3v) is 5.20. The minimum atomic E-state index is 0.0205. The van der Waals surface area contributed by atoms with Crippen LogP contribution in [-0.4, -0.2) is 79.6 Å². The Morgan fingerprint density at radius 2 is 1.90 bits per heavy atom. The first kappa shape index (κ1) is 21.2. The van der Waals surface area contributed by atoms with Gasteiger partial charge in [0.15, 0.2) is 0 Å². The molecule has 0 aliphatic carbocycles. The van der Waals surface area contributed by atoms with Gasteiger partial charge in [-0.2, -0.15) is 0 Å². The van der Waals surface area contributed by atoms with Crippen LogP contribution in [0.25, 0.3) is 10.9 Å². The van der Waals surface area contributed by atoms with Gasteiger partial charge in [-0.15, -0.1) is 0 Å². The van der Waals surface area contributed by atoms with Crippen LogP contribution in [0.5, 0.6) is 0 Å². The number of carbonyl (C=O) groups is 2. The van der Waals surface area contributed by atoms with Crippen LogP contribution in [0, 0.1) is 13.8 Å². The van der Waals surface area contributed by atoms with Gasteiger partial charge in [0, 0.05) is 57.5 Å². The number of aromatic nitrogens is 1. The van der Waals surface area contributed by atoms with Gasteiger partial charge in [0.2, 0.25) is 5.91 Å². The lowest BCUT2D eigenvalue weighted by molar-refractivity contribution is -0.122. The lowest BCUT2D eigenvalue weighted by Crippen LogP contribution is -2.51. The zero-order valence-corrected chi connectivity index (χ0v) is 17.5. The molecule has 156 valence electrons. The third kappa shape index (κ3) is 5.52. The number of pyridine rings is 1. The molecule has 1 fully saturated rings. The number of rotatable bonds is 7. The van der Waals surface area contributed by atoms with E-state index >= 15 is 0 Å². The molecule has 3 rings (SSSR count). The van der Waals surface area contributed by atoms with Crippen LogP contribution in [-0.2, 0) is 9.53 Å². The first-order valence-electron chi connectivity index (χ1n) is 10.1. The zero-order chi connectivity index (χ0) is 20.8. The smallest absolute Gasteiger partial charge is 0.254 e. The molecule has 2 heterocycles. The lowest BCUT2D eigenvalue weighted by Gasteiger charge is -2.34. The molecule has 1 aliphatic heterocycles. The van der Waals surface area contributed by atoms with E-state index in [0.717, 1.165) is 28.6 Å². The molecule has 0 radical (unpaired) electrons. The van der Waals surface area contributed by atoms with Crippen LogP contribution in [0.1, 0.15) is 28.0 Å². The minimum absolute atomic E-state index is 0.0205. The highest BCUT2D eigenvalue weighted by Crippen LogP contribution is 2.22. The molecule has 1 aromatic heterocycles. The molecule has 0 unspecified atom stereocenters. The average molecular weight is 399 g/mol. The summed E-state index contributed by atoms with van der Waals surface area (Å²) in [5, 5.41) is 3.81. The molecule has 0 bridgehead atoms. The Balaban J connectivity index is 1.59. The molecule has 1 N–H and O–H groups in total. The number of methoxy groups -OCH3 is 1. The van der Waals surface area contributed by atoms with Crippen molar-refractivity contribution in [3.8, 4) is 0 Å². The SMILES string of the molecule is COCCCNC(=O)CN1CCN(C(=O)c2cc(C)nc3ccc(C)cc23)CC1. The first-order chi connectivity index (χ1) is 14.0. The fourth-order valence-electron chi connectivity index (χ4n) is 3.63. The van der Waals surface area contributed by atoms with Crippen molar-refractivity contribution in [2.24, 2.45) is 0 Å². The van der Waals surface area contributed by atoms with E-state index in [4.69, 9.17) is 4.74 Å². The molecule has 1 aliphatic rings. The van der Waals surface area contributed by atoms with Crippen molar-refractivity contribution in [2.75, 3.05) is 53.0 Å². The molecule has 2 aromatic rings. The van der Waals surface area contributed by atoms with E-state index in [1.807, 2.05) is 43.0 Å². The molecule has 29 heavy (non-hydrogen) atoms. The number of carbonyl (C=O) groups excluding carboxylic acids is 2. The Hall–Kier alpha value is -2.51. The van der Waals surface area contributed by atoms with E-state index < -0.39 is 0 Å². The van der Waals surface area contributed by atoms with Gasteiger partial charge in [0.25, 0.3) is 5.91 Å². The van der Waals surface area contributed by atoms with Crippen molar-refractivity contribution < 1.29 is 14.3 Å². The van der Waals surface area contributed by atoms with E-state index in [-0.39, 0.29) is 11.8 Å². The maximum Gasteiger partial charge on any atom is 0.254 e. The number of benzene rings is 1. The van der Waals surface area contributed by atoms with E-state index in [0.29, 0.717) is 51.4 Å². The van der Waals surface area contributed by atoms with Gasteiger partial charge in [0.05, 0.1) is 17.6 Å². The van der Waals surface area contributed by atoms with Gasteiger partial charge in [-0.1, -0.05) is 11.6 Å². The Morgan fingerprint density at radius 3 is 2.62 bits per heavy atom. The molecule has 1 aromatic carbocycles. The zero-order valence-electron chi connectivity index (χ0n) is 17.5. The Kier molecular flexibility index (Phi) is 7.17. The Morgan fingerprint density at radius 1 is 1.14 bits per heavy atom. The highest BCUT2D eigenvalue weighted by atomic mass is 16.5. The second-order valence-corrected chi connectivity index (χ2v) is 7.60. The van der Waals surface area contributed by atoms with Gasteiger partial charge in [0.1, 0.15) is 0 Å². The molecule has 1 saturated heterocycles. The van der Waals surface area contributed by atoms with Gasteiger partial charge < -0.3 is 15.0 Å². The molecule has 7 nitrogen and oxygen atoms in total. The number of fused-ring (bicyclic) bond motifs is 1. The lowest BCUT2D eigenvalue weighted by atomic mass is 10.0. The highest BCUT2D eigenvalue weighted by Gasteiger charge is 2.24. The summed E-state index contributed by atoms with van der Waals surface area (Å²) in [6.07, 6.45) is 0.809. The topological polar surface area (TPSA) is 74.8 Å². The van der Waals surface area contributed by atoms with E-state index in [1.165, 1.54) is 0 Å². The fraction of sp³-hybridized carbons (Fsp3) is 0.500. The number of aryl methyl sites for hydroxylation is 2. The predicted molar refractivity (Wildman–Crippen MR) is 113 cm³/mol. The monoisotopic (exact) mass is 398 g/mol. The van der Waals surface area contributed by atoms with Gasteiger partial charge in [-0.3, -0.25) is 19.5 Å². The molecule has 7 heteroatoms. The summed E-state index contributed by atoms with van der Waals surface area (Å²) in [5.74, 6) is 0.0573. The van der Waals surface area contributed by atoms with Crippen molar-refractivity contribution in [2.45, 2.75) is 20.3 Å². The number of nitrogens with one attached hydrogen (secondary N) is 1. The number of hydrogen-bond acceptors (Lipinski definition) is 5. The van der Waals surface area contributed by atoms with Crippen molar-refractivity contribution in [3.05, 3.63) is 41.1 Å². The van der Waals surface area contributed by atoms with E-state index in [1.54, 1.807) is 7.11 Å². The summed E-state index contributed by atoms with van der Waals surface area (Å²) < 4.78 is 4.98. The summed E-state index contributed by atoms with van der Waals surface area (Å²) in [6.45, 7) is 8.19. The van der Waals surface area contributed by atoms with Crippen LogP contribution in [0.2, 0.25) is 0 Å². The van der Waals surface area contributed by atoms with Crippen LogP contribution >= 0.6 is 0 Å². The first-order valence-corrected chi connectivity index (χ1v) is 10.1. The number of nitrogens with zero attached hydrogens (tertiary/aromatic N) is 3. The van der Waals surface area contributed by atoms with Crippen LogP contribution < -0.4 is 5.32 Å². The Bertz CT molecular complexity index is 876. The molecular weight excluding hydrogens is 368 g/mol. The van der Waals surface area contributed by atoms with Crippen molar-refractivity contribution in [1.29, 1.82) is 0 Å². The van der Waals surface area contributed by atoms with E-state index in [2.05, 4.69) is 15.2 Å². The second-order valence-electron chi connectivity index (χ2n) is 7.60. The predicted octanol–water partition coefficient (Wildman–Crippen LogP) is 1.76. The average Bonchev–Trinajstić information content (AvgIpc) is 2.71. The molecule has 2 amide bonds. The van der Waals surface area contributed by atoms with Crippen molar-refractivity contribution >= 4 is 22.7 Å². The maximum atomic E-state index is 13.2. The second kappa shape index (κ2) is 9.80. The minimum Gasteiger partial charge on any atom is -0.385 e. The summed E-state index contributed by atoms with van der Waals surface area (Å²) >= 11 is 0. The quantitative estimate of drug-likeness (QED) is 0.720. The largest absolute Gasteiger partial charge is 0.385 e. The van der Waals surface area contributed by atoms with Gasteiger partial charge in [-0.25, -0.2) is 0 Å². The maximum absolute atomic E-state index is 13.2. The number of piperazine rings is 1. The standard InChI is InChI=1S/C22H30N4O3/c1-16-5-6-20-18(13-16)19(14-17(2)24-20)22(28)26-10-8-25(9-11-26)15-21(27)23-7-4-12-29-3/h5-6,13-14H,4,7-12,15H2,1-3H3,(H,23,27). The van der Waals surface area contributed by atoms with Crippen molar-refractivity contribution in [3.63, 3.8) is 0 Å². The summed E-state index contributed by atoms with van der Waals surface area (Å²) in [7, 11) is 1.65. The molecule has 0 saturated carbocycles. The molecule has 0 atom stereocenters. The fourth-order valence-corrected chi connectivity index (χ4v) is 3.63. The molecule has 0 spiro atoms. The normalized spacial score (nSPS) is 14.9. The van der Waals surface area contributed by atoms with Gasteiger partial charge in [-0.05, 0) is 38.5 Å². The third-order valence-electron chi connectivity index (χ3n) is 5.20. The summed E-state index contributed by atoms with van der Waals surface area (Å²) in [4.78, 5) is 33.8. The van der Waals surface area contributed by atoms with E-state index in [9.17, 15) is 9.59 Å². The van der Waals surface area contributed by atoms with Crippen LogP contribution in [0.3, 0.4) is 0 Å². The van der Waals surface area contributed by atoms with Crippen LogP contribution in [0.4, 0.5) is 0 Å².